The molecule has 1 aromatic heterocycles. The number of hydrogen-bond acceptors (Lipinski definition) is 6. The van der Waals surface area contributed by atoms with E-state index < -0.39 is 5.41 Å². The highest BCUT2D eigenvalue weighted by atomic mass is 79.9. The number of benzene rings is 2. The molecule has 1 fully saturated rings. The van der Waals surface area contributed by atoms with Crippen molar-refractivity contribution in [3.63, 3.8) is 0 Å². The molecule has 1 aliphatic rings. The fraction of sp³-hybridized carbons (Fsp3) is 0.333. The Kier molecular flexibility index (Phi) is 6.79. The summed E-state index contributed by atoms with van der Waals surface area (Å²) in [5, 5.41) is 20.8. The van der Waals surface area contributed by atoms with E-state index in [1.165, 1.54) is 6.07 Å². The third kappa shape index (κ3) is 4.50. The van der Waals surface area contributed by atoms with Crippen LogP contribution in [-0.2, 0) is 23.1 Å². The van der Waals surface area contributed by atoms with Gasteiger partial charge in [-0.05, 0) is 57.2 Å². The topological polar surface area (TPSA) is 88.6 Å². The van der Waals surface area contributed by atoms with Crippen LogP contribution in [0.2, 0.25) is 0 Å². The standard InChI is InChI=1S/C24H23BrFN3O3/c25-18-13-16(9-10-19(18)26)14-20(27-31)23-21(28-32-29-23)15-22(30)24(11-5-2-6-12-24)17-7-3-1-4-8-17/h1,3-4,7-10,13,31H,2,5-6,11-12,14-15H2. The van der Waals surface area contributed by atoms with Crippen molar-refractivity contribution in [2.24, 2.45) is 5.16 Å². The Balaban J connectivity index is 1.59. The lowest BCUT2D eigenvalue weighted by molar-refractivity contribution is -0.125. The maximum absolute atomic E-state index is 13.6. The van der Waals surface area contributed by atoms with E-state index in [0.29, 0.717) is 15.7 Å². The Morgan fingerprint density at radius 2 is 1.84 bits per heavy atom. The van der Waals surface area contributed by atoms with Gasteiger partial charge in [-0.25, -0.2) is 9.02 Å². The van der Waals surface area contributed by atoms with Gasteiger partial charge in [0.05, 0.1) is 16.3 Å². The van der Waals surface area contributed by atoms with Crippen LogP contribution >= 0.6 is 15.9 Å². The summed E-state index contributed by atoms with van der Waals surface area (Å²) in [7, 11) is 0. The summed E-state index contributed by atoms with van der Waals surface area (Å²) in [5.74, 6) is -0.327. The van der Waals surface area contributed by atoms with Crippen LogP contribution in [0, 0.1) is 5.82 Å². The highest BCUT2D eigenvalue weighted by molar-refractivity contribution is 9.10. The van der Waals surface area contributed by atoms with Gasteiger partial charge in [-0.3, -0.25) is 4.79 Å². The van der Waals surface area contributed by atoms with Crippen LogP contribution in [0.5, 0.6) is 0 Å². The molecule has 1 N–H and O–H groups in total. The van der Waals surface area contributed by atoms with Crippen molar-refractivity contribution >= 4 is 27.4 Å². The lowest BCUT2D eigenvalue weighted by Crippen LogP contribution is -2.39. The molecule has 0 radical (unpaired) electrons. The van der Waals surface area contributed by atoms with Gasteiger partial charge in [0.2, 0.25) is 0 Å². The van der Waals surface area contributed by atoms with Crippen LogP contribution in [0.1, 0.15) is 54.6 Å². The Hall–Kier alpha value is -2.87. The van der Waals surface area contributed by atoms with Gasteiger partial charge in [0.1, 0.15) is 23.0 Å². The summed E-state index contributed by atoms with van der Waals surface area (Å²) < 4.78 is 18.8. The van der Waals surface area contributed by atoms with Crippen molar-refractivity contribution in [2.75, 3.05) is 0 Å². The second kappa shape index (κ2) is 9.73. The minimum absolute atomic E-state index is 0.0276. The van der Waals surface area contributed by atoms with Crippen molar-refractivity contribution in [2.45, 2.75) is 50.4 Å². The normalized spacial score (nSPS) is 16.1. The van der Waals surface area contributed by atoms with E-state index in [9.17, 15) is 14.4 Å². The molecule has 4 rings (SSSR count). The van der Waals surface area contributed by atoms with Crippen LogP contribution in [0.15, 0.2) is 62.8 Å². The smallest absolute Gasteiger partial charge is 0.156 e. The summed E-state index contributed by atoms with van der Waals surface area (Å²) in [6.07, 6.45) is 4.89. The predicted molar refractivity (Wildman–Crippen MR) is 120 cm³/mol. The van der Waals surface area contributed by atoms with Crippen molar-refractivity contribution in [3.8, 4) is 0 Å². The summed E-state index contributed by atoms with van der Waals surface area (Å²) in [6, 6.07) is 14.4. The Morgan fingerprint density at radius 3 is 2.53 bits per heavy atom. The van der Waals surface area contributed by atoms with Gasteiger partial charge < -0.3 is 5.21 Å². The van der Waals surface area contributed by atoms with Crippen LogP contribution in [0.3, 0.4) is 0 Å². The zero-order chi connectivity index (χ0) is 22.6. The fourth-order valence-corrected chi connectivity index (χ4v) is 4.94. The number of nitrogens with zero attached hydrogens (tertiary/aromatic N) is 3. The molecule has 0 bridgehead atoms. The first-order chi connectivity index (χ1) is 15.5. The third-order valence-corrected chi connectivity index (χ3v) is 6.81. The molecule has 0 saturated heterocycles. The van der Waals surface area contributed by atoms with Crippen LogP contribution in [0.4, 0.5) is 4.39 Å². The summed E-state index contributed by atoms with van der Waals surface area (Å²) in [5.41, 5.74) is 1.94. The molecular formula is C24H23BrFN3O3. The highest BCUT2D eigenvalue weighted by Gasteiger charge is 2.41. The monoisotopic (exact) mass is 499 g/mol. The Morgan fingerprint density at radius 1 is 1.09 bits per heavy atom. The molecule has 0 amide bonds. The number of halogens is 2. The Bertz CT molecular complexity index is 1120. The highest BCUT2D eigenvalue weighted by Crippen LogP contribution is 2.41. The van der Waals surface area contributed by atoms with Crippen molar-refractivity contribution in [1.29, 1.82) is 0 Å². The lowest BCUT2D eigenvalue weighted by Gasteiger charge is -2.36. The molecule has 0 spiro atoms. The molecule has 166 valence electrons. The van der Waals surface area contributed by atoms with Gasteiger partial charge in [0.15, 0.2) is 5.69 Å². The largest absolute Gasteiger partial charge is 0.411 e. The zero-order valence-electron chi connectivity index (χ0n) is 17.4. The molecular weight excluding hydrogens is 477 g/mol. The number of carbonyl (C=O) groups is 1. The average molecular weight is 500 g/mol. The van der Waals surface area contributed by atoms with Crippen LogP contribution < -0.4 is 0 Å². The first-order valence-electron chi connectivity index (χ1n) is 10.6. The number of ketones is 1. The molecule has 8 heteroatoms. The number of oxime groups is 1. The number of aromatic nitrogens is 2. The Labute approximate surface area is 193 Å². The number of hydrogen-bond donors (Lipinski definition) is 1. The molecule has 1 saturated carbocycles. The van der Waals surface area contributed by atoms with Crippen LogP contribution in [0.25, 0.3) is 0 Å². The minimum atomic E-state index is -0.561. The lowest BCUT2D eigenvalue weighted by atomic mass is 9.66. The molecule has 0 atom stereocenters. The van der Waals surface area contributed by atoms with Gasteiger partial charge in [-0.15, -0.1) is 0 Å². The van der Waals surface area contributed by atoms with Gasteiger partial charge in [-0.1, -0.05) is 66.0 Å². The quantitative estimate of drug-likeness (QED) is 0.267. The molecule has 3 aromatic rings. The second-order valence-electron chi connectivity index (χ2n) is 8.14. The molecule has 1 heterocycles. The maximum atomic E-state index is 13.6. The summed E-state index contributed by atoms with van der Waals surface area (Å²) in [6.45, 7) is 0. The predicted octanol–water partition coefficient (Wildman–Crippen LogP) is 5.41. The molecule has 0 aliphatic heterocycles. The van der Waals surface area contributed by atoms with E-state index in [1.807, 2.05) is 30.3 Å². The zero-order valence-corrected chi connectivity index (χ0v) is 19.0. The van der Waals surface area contributed by atoms with Crippen molar-refractivity contribution < 1.29 is 19.0 Å². The van der Waals surface area contributed by atoms with E-state index in [-0.39, 0.29) is 35.8 Å². The average Bonchev–Trinajstić information content (AvgIpc) is 3.28. The van der Waals surface area contributed by atoms with Gasteiger partial charge in [-0.2, -0.15) is 0 Å². The maximum Gasteiger partial charge on any atom is 0.156 e. The van der Waals surface area contributed by atoms with E-state index in [4.69, 9.17) is 4.63 Å². The molecule has 1 aliphatic carbocycles. The third-order valence-electron chi connectivity index (χ3n) is 6.20. The van der Waals surface area contributed by atoms with E-state index >= 15 is 0 Å². The van der Waals surface area contributed by atoms with Gasteiger partial charge in [0.25, 0.3) is 0 Å². The van der Waals surface area contributed by atoms with Crippen molar-refractivity contribution in [3.05, 3.63) is 81.3 Å². The fourth-order valence-electron chi connectivity index (χ4n) is 4.51. The first kappa shape index (κ1) is 22.3. The van der Waals surface area contributed by atoms with E-state index in [2.05, 4.69) is 31.4 Å². The summed E-state index contributed by atoms with van der Waals surface area (Å²) in [4.78, 5) is 13.6. The van der Waals surface area contributed by atoms with Gasteiger partial charge >= 0.3 is 0 Å². The molecule has 2 aromatic carbocycles. The van der Waals surface area contributed by atoms with Gasteiger partial charge in [0, 0.05) is 6.42 Å². The number of carbonyl (C=O) groups excluding carboxylic acids is 1. The molecule has 6 nitrogen and oxygen atoms in total. The number of rotatable bonds is 7. The summed E-state index contributed by atoms with van der Waals surface area (Å²) >= 11 is 3.16. The number of Topliss-reactive ketones (excluding diaryl/α,β-unsaturated/α-hetero) is 1. The second-order valence-corrected chi connectivity index (χ2v) is 8.99. The molecule has 32 heavy (non-hydrogen) atoms. The van der Waals surface area contributed by atoms with Crippen LogP contribution in [-0.4, -0.2) is 27.0 Å². The minimum Gasteiger partial charge on any atom is -0.411 e. The molecule has 0 unspecified atom stereocenters. The van der Waals surface area contributed by atoms with E-state index in [1.54, 1.807) is 12.1 Å². The SMILES string of the molecule is O=C(Cc1nonc1C(Cc1ccc(F)c(Br)c1)=NO)C1(c2ccccc2)CCCCC1. The van der Waals surface area contributed by atoms with E-state index in [0.717, 1.165) is 37.7 Å². The first-order valence-corrected chi connectivity index (χ1v) is 11.4. The van der Waals surface area contributed by atoms with Crippen molar-refractivity contribution in [1.82, 2.24) is 10.3 Å².